The summed E-state index contributed by atoms with van der Waals surface area (Å²) in [5, 5.41) is 13.8. The zero-order valence-electron chi connectivity index (χ0n) is 12.9. The summed E-state index contributed by atoms with van der Waals surface area (Å²) in [6.07, 6.45) is 1.59. The number of fused-ring (bicyclic) bond motifs is 1. The Kier molecular flexibility index (Phi) is 3.90. The number of amides is 1. The van der Waals surface area contributed by atoms with Crippen molar-refractivity contribution in [2.24, 2.45) is 0 Å². The first kappa shape index (κ1) is 15.7. The van der Waals surface area contributed by atoms with E-state index in [4.69, 9.17) is 11.6 Å². The Labute approximate surface area is 150 Å². The number of pyridine rings is 1. The van der Waals surface area contributed by atoms with Crippen molar-refractivity contribution >= 4 is 44.9 Å². The molecule has 4 aromatic rings. The maximum atomic E-state index is 12.6. The largest absolute Gasteiger partial charge is 0.298 e. The predicted octanol–water partition coefficient (Wildman–Crippen LogP) is 3.96. The third-order valence-corrected chi connectivity index (χ3v) is 4.56. The molecule has 0 spiro atoms. The van der Waals surface area contributed by atoms with Crippen molar-refractivity contribution in [2.45, 2.75) is 6.92 Å². The molecule has 0 saturated carbocycles. The molecule has 9 heteroatoms. The second kappa shape index (κ2) is 6.23. The first-order chi connectivity index (χ1) is 12.1. The van der Waals surface area contributed by atoms with Crippen LogP contribution in [0.15, 0.2) is 40.5 Å². The molecule has 1 amide bonds. The number of carbonyl (C=O) groups excluding carboxylic acids is 1. The summed E-state index contributed by atoms with van der Waals surface area (Å²) in [6, 6.07) is 6.88. The van der Waals surface area contributed by atoms with E-state index in [2.05, 4.69) is 30.2 Å². The van der Waals surface area contributed by atoms with Crippen molar-refractivity contribution in [3.05, 3.63) is 52.1 Å². The Morgan fingerprint density at radius 2 is 2.16 bits per heavy atom. The van der Waals surface area contributed by atoms with Gasteiger partial charge in [0.15, 0.2) is 10.8 Å². The standard InChI is InChI=1S/C16H10ClN5O2S/c1-8-14(22-24-21-8)13-7-25-16(19-13)20-15(23)10-4-5-18-12-3-2-9(17)6-11(10)12/h2-7H,1H3,(H,19,20,23). The van der Waals surface area contributed by atoms with Crippen molar-refractivity contribution in [2.75, 3.05) is 5.32 Å². The maximum Gasteiger partial charge on any atom is 0.258 e. The van der Waals surface area contributed by atoms with Gasteiger partial charge in [0, 0.05) is 22.0 Å². The van der Waals surface area contributed by atoms with Crippen LogP contribution in [-0.2, 0) is 0 Å². The zero-order chi connectivity index (χ0) is 17.4. The first-order valence-corrected chi connectivity index (χ1v) is 8.48. The average molecular weight is 372 g/mol. The van der Waals surface area contributed by atoms with Gasteiger partial charge in [-0.15, -0.1) is 11.3 Å². The van der Waals surface area contributed by atoms with Gasteiger partial charge in [0.1, 0.15) is 11.4 Å². The minimum atomic E-state index is -0.287. The lowest BCUT2D eigenvalue weighted by Crippen LogP contribution is -2.12. The molecule has 1 N–H and O–H groups in total. The minimum Gasteiger partial charge on any atom is -0.298 e. The van der Waals surface area contributed by atoms with Crippen LogP contribution in [0, 0.1) is 6.92 Å². The number of thiazole rings is 1. The van der Waals surface area contributed by atoms with Gasteiger partial charge in [-0.25, -0.2) is 9.61 Å². The lowest BCUT2D eigenvalue weighted by Gasteiger charge is -2.06. The van der Waals surface area contributed by atoms with Crippen molar-refractivity contribution < 1.29 is 9.42 Å². The number of benzene rings is 1. The number of hydrogen-bond acceptors (Lipinski definition) is 7. The summed E-state index contributed by atoms with van der Waals surface area (Å²) in [6.45, 7) is 1.77. The van der Waals surface area contributed by atoms with Crippen molar-refractivity contribution in [3.63, 3.8) is 0 Å². The molecule has 4 rings (SSSR count). The molecule has 0 unspecified atom stereocenters. The number of carbonyl (C=O) groups is 1. The lowest BCUT2D eigenvalue weighted by atomic mass is 10.1. The molecule has 0 bridgehead atoms. The summed E-state index contributed by atoms with van der Waals surface area (Å²) in [4.78, 5) is 21.2. The van der Waals surface area contributed by atoms with E-state index in [1.807, 2.05) is 0 Å². The van der Waals surface area contributed by atoms with Gasteiger partial charge in [-0.2, -0.15) is 0 Å². The Morgan fingerprint density at radius 1 is 1.28 bits per heavy atom. The Morgan fingerprint density at radius 3 is 2.96 bits per heavy atom. The molecule has 1 aromatic carbocycles. The highest BCUT2D eigenvalue weighted by Crippen LogP contribution is 2.26. The molecule has 0 radical (unpaired) electrons. The molecule has 0 aliphatic carbocycles. The second-order valence-electron chi connectivity index (χ2n) is 5.21. The average Bonchev–Trinajstić information content (AvgIpc) is 3.22. The van der Waals surface area contributed by atoms with Crippen LogP contribution in [0.1, 0.15) is 16.1 Å². The zero-order valence-corrected chi connectivity index (χ0v) is 14.4. The van der Waals surface area contributed by atoms with Gasteiger partial charge in [-0.1, -0.05) is 16.8 Å². The highest BCUT2D eigenvalue weighted by molar-refractivity contribution is 7.14. The smallest absolute Gasteiger partial charge is 0.258 e. The third kappa shape index (κ3) is 2.97. The molecule has 0 aliphatic heterocycles. The van der Waals surface area contributed by atoms with E-state index in [9.17, 15) is 4.79 Å². The molecular weight excluding hydrogens is 362 g/mol. The third-order valence-electron chi connectivity index (χ3n) is 3.57. The van der Waals surface area contributed by atoms with Crippen LogP contribution in [-0.4, -0.2) is 26.2 Å². The number of rotatable bonds is 3. The van der Waals surface area contributed by atoms with E-state index in [-0.39, 0.29) is 5.91 Å². The van der Waals surface area contributed by atoms with Crippen molar-refractivity contribution in [1.82, 2.24) is 20.3 Å². The minimum absolute atomic E-state index is 0.287. The number of nitrogens with zero attached hydrogens (tertiary/aromatic N) is 4. The van der Waals surface area contributed by atoms with Crippen LogP contribution in [0.3, 0.4) is 0 Å². The number of aryl methyl sites for hydroxylation is 1. The molecule has 0 saturated heterocycles. The van der Waals surface area contributed by atoms with E-state index in [0.717, 1.165) is 0 Å². The van der Waals surface area contributed by atoms with E-state index >= 15 is 0 Å². The summed E-state index contributed by atoms with van der Waals surface area (Å²) in [5.74, 6) is -0.287. The van der Waals surface area contributed by atoms with Gasteiger partial charge in [-0.3, -0.25) is 15.1 Å². The number of hydrogen-bond donors (Lipinski definition) is 1. The molecular formula is C16H10ClN5O2S. The summed E-state index contributed by atoms with van der Waals surface area (Å²) in [5.41, 5.74) is 2.96. The normalized spacial score (nSPS) is 11.0. The van der Waals surface area contributed by atoms with Gasteiger partial charge in [0.25, 0.3) is 5.91 Å². The molecule has 25 heavy (non-hydrogen) atoms. The number of aromatic nitrogens is 4. The van der Waals surface area contributed by atoms with Crippen molar-refractivity contribution in [1.29, 1.82) is 0 Å². The van der Waals surface area contributed by atoms with Crippen LogP contribution in [0.5, 0.6) is 0 Å². The quantitative estimate of drug-likeness (QED) is 0.586. The van der Waals surface area contributed by atoms with Gasteiger partial charge in [0.2, 0.25) is 0 Å². The van der Waals surface area contributed by atoms with Crippen molar-refractivity contribution in [3.8, 4) is 11.4 Å². The lowest BCUT2D eigenvalue weighted by molar-refractivity contribution is 0.102. The molecule has 3 aromatic heterocycles. The summed E-state index contributed by atoms with van der Waals surface area (Å²) in [7, 11) is 0. The molecule has 124 valence electrons. The summed E-state index contributed by atoms with van der Waals surface area (Å²) < 4.78 is 4.68. The molecule has 0 atom stereocenters. The van der Waals surface area contributed by atoms with E-state index in [0.29, 0.717) is 43.7 Å². The first-order valence-electron chi connectivity index (χ1n) is 7.22. The fraction of sp³-hybridized carbons (Fsp3) is 0.0625. The number of halogens is 1. The highest BCUT2D eigenvalue weighted by atomic mass is 35.5. The number of nitrogens with one attached hydrogen (secondary N) is 1. The van der Waals surface area contributed by atoms with Crippen LogP contribution in [0.4, 0.5) is 5.13 Å². The van der Waals surface area contributed by atoms with E-state index in [1.54, 1.807) is 42.8 Å². The molecule has 3 heterocycles. The second-order valence-corrected chi connectivity index (χ2v) is 6.50. The fourth-order valence-corrected chi connectivity index (χ4v) is 3.25. The van der Waals surface area contributed by atoms with E-state index in [1.165, 1.54) is 11.3 Å². The van der Waals surface area contributed by atoms with Crippen LogP contribution in [0.25, 0.3) is 22.3 Å². The number of anilines is 1. The molecule has 0 aliphatic rings. The van der Waals surface area contributed by atoms with Gasteiger partial charge >= 0.3 is 0 Å². The Bertz CT molecular complexity index is 1090. The summed E-state index contributed by atoms with van der Waals surface area (Å²) >= 11 is 7.33. The van der Waals surface area contributed by atoms with Crippen LogP contribution < -0.4 is 5.32 Å². The maximum absolute atomic E-state index is 12.6. The van der Waals surface area contributed by atoms with Gasteiger partial charge in [0.05, 0.1) is 11.1 Å². The predicted molar refractivity (Wildman–Crippen MR) is 94.8 cm³/mol. The van der Waals surface area contributed by atoms with Gasteiger partial charge < -0.3 is 0 Å². The molecule has 7 nitrogen and oxygen atoms in total. The molecule has 0 fully saturated rings. The highest BCUT2D eigenvalue weighted by Gasteiger charge is 2.16. The Balaban J connectivity index is 1.64. The topological polar surface area (TPSA) is 93.8 Å². The van der Waals surface area contributed by atoms with Crippen LogP contribution >= 0.6 is 22.9 Å². The van der Waals surface area contributed by atoms with E-state index < -0.39 is 0 Å². The monoisotopic (exact) mass is 371 g/mol. The van der Waals surface area contributed by atoms with Gasteiger partial charge in [-0.05, 0) is 36.3 Å². The SMILES string of the molecule is Cc1nonc1-c1csc(NC(=O)c2ccnc3ccc(Cl)cc23)n1. The Hall–Kier alpha value is -2.84. The fourth-order valence-electron chi connectivity index (χ4n) is 2.38. The van der Waals surface area contributed by atoms with Crippen LogP contribution in [0.2, 0.25) is 5.02 Å².